The highest BCUT2D eigenvalue weighted by Gasteiger charge is 2.19. The van der Waals surface area contributed by atoms with Crippen molar-refractivity contribution in [1.29, 1.82) is 0 Å². The number of hydrogen-bond acceptors (Lipinski definition) is 3. The van der Waals surface area contributed by atoms with E-state index in [-0.39, 0.29) is 6.10 Å². The minimum Gasteiger partial charge on any atom is -0.491 e. The van der Waals surface area contributed by atoms with Crippen LogP contribution in [-0.2, 0) is 11.2 Å². The zero-order valence-electron chi connectivity index (χ0n) is 12.2. The van der Waals surface area contributed by atoms with E-state index >= 15 is 0 Å². The maximum absolute atomic E-state index is 5.76. The van der Waals surface area contributed by atoms with E-state index in [1.807, 2.05) is 20.9 Å². The Morgan fingerprint density at radius 2 is 2.16 bits per heavy atom. The van der Waals surface area contributed by atoms with Crippen LogP contribution < -0.4 is 10.1 Å². The van der Waals surface area contributed by atoms with Crippen molar-refractivity contribution in [3.63, 3.8) is 0 Å². The Balaban J connectivity index is 1.95. The summed E-state index contributed by atoms with van der Waals surface area (Å²) in [6, 6.07) is 6.94. The second-order valence-corrected chi connectivity index (χ2v) is 5.36. The van der Waals surface area contributed by atoms with Gasteiger partial charge in [-0.05, 0) is 63.4 Å². The summed E-state index contributed by atoms with van der Waals surface area (Å²) in [6.45, 7) is 5.33. The summed E-state index contributed by atoms with van der Waals surface area (Å²) in [4.78, 5) is 0. The van der Waals surface area contributed by atoms with Gasteiger partial charge in [-0.1, -0.05) is 6.07 Å². The van der Waals surface area contributed by atoms with Crippen molar-refractivity contribution in [2.24, 2.45) is 0 Å². The van der Waals surface area contributed by atoms with Gasteiger partial charge in [0.2, 0.25) is 0 Å². The fourth-order valence-corrected chi connectivity index (χ4v) is 2.61. The van der Waals surface area contributed by atoms with E-state index in [4.69, 9.17) is 9.47 Å². The van der Waals surface area contributed by atoms with Gasteiger partial charge in [0.15, 0.2) is 0 Å². The molecule has 0 bridgehead atoms. The fourth-order valence-electron chi connectivity index (χ4n) is 2.61. The molecule has 0 aromatic heterocycles. The van der Waals surface area contributed by atoms with Crippen LogP contribution in [-0.4, -0.2) is 26.4 Å². The molecule has 0 saturated carbocycles. The van der Waals surface area contributed by atoms with E-state index in [2.05, 4.69) is 23.5 Å². The van der Waals surface area contributed by atoms with Gasteiger partial charge in [0.25, 0.3) is 0 Å². The van der Waals surface area contributed by atoms with E-state index in [9.17, 15) is 0 Å². The molecule has 1 aromatic carbocycles. The van der Waals surface area contributed by atoms with Crippen LogP contribution in [0, 0.1) is 0 Å². The third kappa shape index (κ3) is 3.95. The van der Waals surface area contributed by atoms with Crippen molar-refractivity contribution in [3.8, 4) is 5.75 Å². The lowest BCUT2D eigenvalue weighted by atomic mass is 9.87. The highest BCUT2D eigenvalue weighted by atomic mass is 16.5. The average molecular weight is 263 g/mol. The number of benzene rings is 1. The monoisotopic (exact) mass is 263 g/mol. The molecule has 1 aromatic rings. The molecule has 1 N–H and O–H groups in total. The highest BCUT2D eigenvalue weighted by Crippen LogP contribution is 2.32. The van der Waals surface area contributed by atoms with Gasteiger partial charge in [-0.3, -0.25) is 0 Å². The van der Waals surface area contributed by atoms with Gasteiger partial charge in [0.05, 0.1) is 12.7 Å². The first-order valence-corrected chi connectivity index (χ1v) is 7.25. The summed E-state index contributed by atoms with van der Waals surface area (Å²) in [6.07, 6.45) is 3.93. The second-order valence-electron chi connectivity index (χ2n) is 5.36. The molecule has 1 aliphatic carbocycles. The van der Waals surface area contributed by atoms with Crippen LogP contribution in [0.3, 0.4) is 0 Å². The largest absolute Gasteiger partial charge is 0.491 e. The molecular weight excluding hydrogens is 238 g/mol. The Hall–Kier alpha value is -1.06. The quantitative estimate of drug-likeness (QED) is 0.800. The molecule has 1 aliphatic rings. The van der Waals surface area contributed by atoms with Crippen LogP contribution in [0.15, 0.2) is 18.2 Å². The lowest BCUT2D eigenvalue weighted by molar-refractivity contribution is 0.0552. The van der Waals surface area contributed by atoms with Crippen LogP contribution in [0.4, 0.5) is 0 Å². The van der Waals surface area contributed by atoms with Crippen LogP contribution in [0.5, 0.6) is 5.75 Å². The third-order valence-electron chi connectivity index (χ3n) is 3.58. The van der Waals surface area contributed by atoms with Crippen LogP contribution in [0.1, 0.15) is 43.9 Å². The Bertz CT molecular complexity index is 404. The normalized spacial score (nSPS) is 18.4. The number of aryl methyl sites for hydroxylation is 1. The number of hydrogen-bond donors (Lipinski definition) is 1. The van der Waals surface area contributed by atoms with Gasteiger partial charge >= 0.3 is 0 Å². The zero-order valence-corrected chi connectivity index (χ0v) is 12.2. The summed E-state index contributed by atoms with van der Waals surface area (Å²) in [7, 11) is 2.03. The SMILES string of the molecule is CNC1CCCc2ccc(OCCOC(C)C)cc21. The summed E-state index contributed by atoms with van der Waals surface area (Å²) in [5.41, 5.74) is 2.85. The lowest BCUT2D eigenvalue weighted by Gasteiger charge is -2.25. The lowest BCUT2D eigenvalue weighted by Crippen LogP contribution is -2.21. The Morgan fingerprint density at radius 3 is 2.89 bits per heavy atom. The minimum absolute atomic E-state index is 0.265. The minimum atomic E-state index is 0.265. The second kappa shape index (κ2) is 6.92. The molecular formula is C16H25NO2. The molecule has 106 valence electrons. The standard InChI is InChI=1S/C16H25NO2/c1-12(2)18-9-10-19-14-8-7-13-5-4-6-16(17-3)15(13)11-14/h7-8,11-12,16-17H,4-6,9-10H2,1-3H3. The van der Waals surface area contributed by atoms with E-state index in [0.717, 1.165) is 5.75 Å². The summed E-state index contributed by atoms with van der Waals surface area (Å²) in [5.74, 6) is 0.952. The molecule has 3 heteroatoms. The van der Waals surface area contributed by atoms with Crippen molar-refractivity contribution in [2.75, 3.05) is 20.3 Å². The van der Waals surface area contributed by atoms with E-state index in [1.54, 1.807) is 0 Å². The summed E-state index contributed by atoms with van der Waals surface area (Å²) < 4.78 is 11.2. The fraction of sp³-hybridized carbons (Fsp3) is 0.625. The molecule has 0 heterocycles. The van der Waals surface area contributed by atoms with Gasteiger partial charge in [-0.25, -0.2) is 0 Å². The van der Waals surface area contributed by atoms with Gasteiger partial charge in [-0.2, -0.15) is 0 Å². The predicted octanol–water partition coefficient (Wildman–Crippen LogP) is 3.09. The summed E-state index contributed by atoms with van der Waals surface area (Å²) >= 11 is 0. The predicted molar refractivity (Wildman–Crippen MR) is 77.8 cm³/mol. The van der Waals surface area contributed by atoms with Crippen LogP contribution >= 0.6 is 0 Å². The molecule has 1 atom stereocenters. The molecule has 0 aliphatic heterocycles. The molecule has 0 amide bonds. The van der Waals surface area contributed by atoms with Gasteiger partial charge in [0.1, 0.15) is 12.4 Å². The maximum atomic E-state index is 5.76. The molecule has 3 nitrogen and oxygen atoms in total. The zero-order chi connectivity index (χ0) is 13.7. The number of ether oxygens (including phenoxy) is 2. The highest BCUT2D eigenvalue weighted by molar-refractivity contribution is 5.39. The topological polar surface area (TPSA) is 30.5 Å². The molecule has 0 radical (unpaired) electrons. The smallest absolute Gasteiger partial charge is 0.119 e. The van der Waals surface area contributed by atoms with Crippen molar-refractivity contribution in [2.45, 2.75) is 45.3 Å². The van der Waals surface area contributed by atoms with Crippen molar-refractivity contribution in [3.05, 3.63) is 29.3 Å². The first kappa shape index (κ1) is 14.4. The van der Waals surface area contributed by atoms with Crippen molar-refractivity contribution in [1.82, 2.24) is 5.32 Å². The van der Waals surface area contributed by atoms with Crippen LogP contribution in [0.25, 0.3) is 0 Å². The first-order valence-electron chi connectivity index (χ1n) is 7.25. The number of fused-ring (bicyclic) bond motifs is 1. The van der Waals surface area contributed by atoms with Crippen LogP contribution in [0.2, 0.25) is 0 Å². The van der Waals surface area contributed by atoms with E-state index in [0.29, 0.717) is 19.3 Å². The molecule has 1 unspecified atom stereocenters. The molecule has 0 saturated heterocycles. The molecule has 19 heavy (non-hydrogen) atoms. The number of nitrogens with one attached hydrogen (secondary N) is 1. The third-order valence-corrected chi connectivity index (χ3v) is 3.58. The average Bonchev–Trinajstić information content (AvgIpc) is 2.42. The Morgan fingerprint density at radius 1 is 1.32 bits per heavy atom. The molecule has 0 spiro atoms. The Labute approximate surface area is 116 Å². The maximum Gasteiger partial charge on any atom is 0.119 e. The van der Waals surface area contributed by atoms with Gasteiger partial charge < -0.3 is 14.8 Å². The first-order chi connectivity index (χ1) is 9.20. The molecule has 2 rings (SSSR count). The Kier molecular flexibility index (Phi) is 5.23. The van der Waals surface area contributed by atoms with Crippen molar-refractivity contribution < 1.29 is 9.47 Å². The summed E-state index contributed by atoms with van der Waals surface area (Å²) in [5, 5.41) is 3.39. The molecule has 0 fully saturated rings. The number of rotatable bonds is 6. The van der Waals surface area contributed by atoms with E-state index in [1.165, 1.54) is 30.4 Å². The van der Waals surface area contributed by atoms with E-state index < -0.39 is 0 Å². The van der Waals surface area contributed by atoms with Crippen molar-refractivity contribution >= 4 is 0 Å². The van der Waals surface area contributed by atoms with Gasteiger partial charge in [-0.15, -0.1) is 0 Å². The van der Waals surface area contributed by atoms with Gasteiger partial charge in [0, 0.05) is 6.04 Å².